The maximum absolute atomic E-state index is 12.9. The Labute approximate surface area is 134 Å². The van der Waals surface area contributed by atoms with Crippen molar-refractivity contribution in [3.05, 3.63) is 34.0 Å². The molecular weight excluding hydrogens is 294 g/mol. The number of carbonyl (C=O) groups excluding carboxylic acids is 1. The maximum atomic E-state index is 12.9. The molecule has 1 aromatic carbocycles. The third-order valence-corrected chi connectivity index (χ3v) is 4.48. The molecule has 0 radical (unpaired) electrons. The number of benzene rings is 1. The van der Waals surface area contributed by atoms with Crippen LogP contribution >= 0.6 is 0 Å². The molecule has 0 bridgehead atoms. The second-order valence-electron chi connectivity index (χ2n) is 5.85. The third-order valence-electron chi connectivity index (χ3n) is 4.48. The van der Waals surface area contributed by atoms with Gasteiger partial charge in [-0.2, -0.15) is 0 Å². The minimum Gasteiger partial charge on any atom is -0.496 e. The topological polar surface area (TPSA) is 77.6 Å². The van der Waals surface area contributed by atoms with Gasteiger partial charge in [-0.1, -0.05) is 6.07 Å². The Hall–Kier alpha value is -2.50. The van der Waals surface area contributed by atoms with Crippen LogP contribution in [0.4, 0.5) is 5.82 Å². The van der Waals surface area contributed by atoms with Crippen LogP contribution in [0.1, 0.15) is 29.6 Å². The lowest BCUT2D eigenvalue weighted by atomic mass is 10.1. The van der Waals surface area contributed by atoms with Gasteiger partial charge in [-0.15, -0.1) is 0 Å². The number of fused-ring (bicyclic) bond motifs is 1. The number of hydrogen-bond acceptors (Lipinski definition) is 4. The van der Waals surface area contributed by atoms with Gasteiger partial charge >= 0.3 is 0 Å². The summed E-state index contributed by atoms with van der Waals surface area (Å²) in [6.07, 6.45) is 3.25. The fourth-order valence-corrected chi connectivity index (χ4v) is 3.40. The van der Waals surface area contributed by atoms with Crippen molar-refractivity contribution in [2.75, 3.05) is 25.1 Å². The number of piperidine rings is 1. The first-order chi connectivity index (χ1) is 11.1. The zero-order chi connectivity index (χ0) is 16.6. The minimum atomic E-state index is -0.695. The van der Waals surface area contributed by atoms with Gasteiger partial charge in [0.2, 0.25) is 5.43 Å². The molecule has 122 valence electrons. The maximum Gasteiger partial charge on any atom is 0.256 e. The second kappa shape index (κ2) is 5.95. The number of anilines is 1. The summed E-state index contributed by atoms with van der Waals surface area (Å²) in [6.45, 7) is 1.64. The predicted molar refractivity (Wildman–Crippen MR) is 90.3 cm³/mol. The lowest BCUT2D eigenvalue weighted by molar-refractivity contribution is 0.0999. The molecule has 1 aromatic heterocycles. The smallest absolute Gasteiger partial charge is 0.256 e. The molecule has 1 aliphatic heterocycles. The molecule has 0 atom stereocenters. The van der Waals surface area contributed by atoms with Crippen LogP contribution in [0.15, 0.2) is 23.0 Å². The quantitative estimate of drug-likeness (QED) is 0.934. The van der Waals surface area contributed by atoms with Crippen LogP contribution in [-0.2, 0) is 7.05 Å². The highest BCUT2D eigenvalue weighted by molar-refractivity contribution is 6.02. The van der Waals surface area contributed by atoms with Gasteiger partial charge in [0.1, 0.15) is 17.1 Å². The van der Waals surface area contributed by atoms with Crippen molar-refractivity contribution in [3.63, 3.8) is 0 Å². The van der Waals surface area contributed by atoms with Crippen molar-refractivity contribution < 1.29 is 9.53 Å². The van der Waals surface area contributed by atoms with Gasteiger partial charge in [0.15, 0.2) is 0 Å². The summed E-state index contributed by atoms with van der Waals surface area (Å²) in [5.74, 6) is 0.373. The monoisotopic (exact) mass is 315 g/mol. The van der Waals surface area contributed by atoms with Gasteiger partial charge in [0, 0.05) is 20.1 Å². The second-order valence-corrected chi connectivity index (χ2v) is 5.85. The molecule has 2 N–H and O–H groups in total. The summed E-state index contributed by atoms with van der Waals surface area (Å²) in [5.41, 5.74) is 5.98. The van der Waals surface area contributed by atoms with Crippen LogP contribution in [0.3, 0.4) is 0 Å². The van der Waals surface area contributed by atoms with E-state index in [4.69, 9.17) is 10.5 Å². The minimum absolute atomic E-state index is 0.0476. The van der Waals surface area contributed by atoms with Gasteiger partial charge < -0.3 is 19.9 Å². The fourth-order valence-electron chi connectivity index (χ4n) is 3.40. The molecular formula is C17H21N3O3. The number of hydrogen-bond donors (Lipinski definition) is 1. The Kier molecular flexibility index (Phi) is 3.98. The Morgan fingerprint density at radius 3 is 2.52 bits per heavy atom. The number of nitrogens with zero attached hydrogens (tertiary/aromatic N) is 2. The zero-order valence-corrected chi connectivity index (χ0v) is 13.5. The molecule has 23 heavy (non-hydrogen) atoms. The van der Waals surface area contributed by atoms with E-state index in [0.717, 1.165) is 37.9 Å². The van der Waals surface area contributed by atoms with Crippen molar-refractivity contribution in [2.45, 2.75) is 19.3 Å². The van der Waals surface area contributed by atoms with E-state index in [2.05, 4.69) is 4.90 Å². The summed E-state index contributed by atoms with van der Waals surface area (Å²) in [5, 5.41) is 0.395. The van der Waals surface area contributed by atoms with Gasteiger partial charge in [-0.25, -0.2) is 0 Å². The Balaban J connectivity index is 2.39. The number of rotatable bonds is 3. The molecule has 0 spiro atoms. The van der Waals surface area contributed by atoms with E-state index in [1.165, 1.54) is 7.11 Å². The molecule has 1 amide bonds. The summed E-state index contributed by atoms with van der Waals surface area (Å²) in [6, 6.07) is 5.41. The third kappa shape index (κ3) is 2.44. The van der Waals surface area contributed by atoms with Crippen LogP contribution in [-0.4, -0.2) is 30.7 Å². The Bertz CT molecular complexity index is 820. The number of aryl methyl sites for hydroxylation is 1. The number of pyridine rings is 1. The summed E-state index contributed by atoms with van der Waals surface area (Å²) >= 11 is 0. The Morgan fingerprint density at radius 2 is 1.91 bits per heavy atom. The van der Waals surface area contributed by atoms with Crippen molar-refractivity contribution >= 4 is 22.6 Å². The van der Waals surface area contributed by atoms with E-state index in [-0.39, 0.29) is 11.0 Å². The molecule has 0 saturated carbocycles. The molecule has 3 rings (SSSR count). The van der Waals surface area contributed by atoms with E-state index >= 15 is 0 Å². The largest absolute Gasteiger partial charge is 0.496 e. The lowest BCUT2D eigenvalue weighted by Crippen LogP contribution is -2.37. The van der Waals surface area contributed by atoms with Gasteiger partial charge in [-0.3, -0.25) is 9.59 Å². The highest BCUT2D eigenvalue weighted by atomic mass is 16.5. The lowest BCUT2D eigenvalue weighted by Gasteiger charge is -2.32. The molecule has 1 aliphatic rings. The number of carbonyl (C=O) groups is 1. The average molecular weight is 315 g/mol. The number of aromatic nitrogens is 1. The highest BCUT2D eigenvalue weighted by Crippen LogP contribution is 2.29. The van der Waals surface area contributed by atoms with E-state index in [0.29, 0.717) is 17.0 Å². The predicted octanol–water partition coefficient (Wildman–Crippen LogP) is 1.64. The van der Waals surface area contributed by atoms with E-state index < -0.39 is 5.91 Å². The molecule has 1 saturated heterocycles. The number of methoxy groups -OCH3 is 1. The number of amides is 1. The number of nitrogens with two attached hydrogens (primary N) is 1. The molecule has 6 heteroatoms. The molecule has 2 heterocycles. The van der Waals surface area contributed by atoms with Crippen LogP contribution in [0.2, 0.25) is 0 Å². The number of primary amides is 1. The van der Waals surface area contributed by atoms with Crippen LogP contribution in [0.25, 0.3) is 10.9 Å². The van der Waals surface area contributed by atoms with Crippen molar-refractivity contribution in [1.29, 1.82) is 0 Å². The molecule has 2 aromatic rings. The molecule has 0 aliphatic carbocycles. The number of ether oxygens (including phenoxy) is 1. The molecule has 6 nitrogen and oxygen atoms in total. The van der Waals surface area contributed by atoms with E-state index in [9.17, 15) is 9.59 Å². The Morgan fingerprint density at radius 1 is 1.22 bits per heavy atom. The summed E-state index contributed by atoms with van der Waals surface area (Å²) < 4.78 is 7.18. The van der Waals surface area contributed by atoms with Gasteiger partial charge in [-0.05, 0) is 31.4 Å². The summed E-state index contributed by atoms with van der Waals surface area (Å²) in [4.78, 5) is 27.1. The SMILES string of the molecule is COc1cccc2c1c(=O)c(C(N)=O)c(N1CCCCC1)n2C. The molecule has 1 fully saturated rings. The van der Waals surface area contributed by atoms with Crippen molar-refractivity contribution in [3.8, 4) is 5.75 Å². The van der Waals surface area contributed by atoms with Crippen molar-refractivity contribution in [1.82, 2.24) is 4.57 Å². The average Bonchev–Trinajstić information content (AvgIpc) is 2.57. The first kappa shape index (κ1) is 15.4. The van der Waals surface area contributed by atoms with Gasteiger partial charge in [0.05, 0.1) is 18.0 Å². The van der Waals surface area contributed by atoms with Crippen molar-refractivity contribution in [2.24, 2.45) is 12.8 Å². The summed E-state index contributed by atoms with van der Waals surface area (Å²) in [7, 11) is 3.37. The normalized spacial score (nSPS) is 15.0. The first-order valence-electron chi connectivity index (χ1n) is 7.80. The van der Waals surface area contributed by atoms with E-state index in [1.54, 1.807) is 6.07 Å². The van der Waals surface area contributed by atoms with Crippen LogP contribution < -0.4 is 20.8 Å². The zero-order valence-electron chi connectivity index (χ0n) is 13.5. The fraction of sp³-hybridized carbons (Fsp3) is 0.412. The van der Waals surface area contributed by atoms with Crippen LogP contribution in [0, 0.1) is 0 Å². The van der Waals surface area contributed by atoms with Crippen LogP contribution in [0.5, 0.6) is 5.75 Å². The molecule has 0 unspecified atom stereocenters. The van der Waals surface area contributed by atoms with E-state index in [1.807, 2.05) is 23.7 Å². The highest BCUT2D eigenvalue weighted by Gasteiger charge is 2.26. The first-order valence-corrected chi connectivity index (χ1v) is 7.80. The standard InChI is InChI=1S/C17H21N3O3/c1-19-11-7-6-8-12(23-2)13(11)15(21)14(16(18)22)17(19)20-9-4-3-5-10-20/h6-8H,3-5,9-10H2,1-2H3,(H2,18,22). The van der Waals surface area contributed by atoms with Gasteiger partial charge in [0.25, 0.3) is 5.91 Å².